The van der Waals surface area contributed by atoms with Crippen LogP contribution in [-0.2, 0) is 11.2 Å². The van der Waals surface area contributed by atoms with Gasteiger partial charge in [0.1, 0.15) is 6.29 Å². The number of aliphatic imine (C=N–C) groups is 1. The molecule has 0 spiro atoms. The first-order valence-corrected chi connectivity index (χ1v) is 5.33. The lowest BCUT2D eigenvalue weighted by Gasteiger charge is -2.13. The number of para-hydroxylation sites is 1. The normalized spacial score (nSPS) is 17.3. The van der Waals surface area contributed by atoms with Crippen molar-refractivity contribution in [2.45, 2.75) is 26.7 Å². The third kappa shape index (κ3) is 3.66. The molecule has 1 atom stereocenters. The minimum absolute atomic E-state index is 0.602. The zero-order valence-electron chi connectivity index (χ0n) is 9.31. The third-order valence-corrected chi connectivity index (χ3v) is 2.17. The molecule has 0 aromatic heterocycles. The van der Waals surface area contributed by atoms with Gasteiger partial charge < -0.3 is 4.79 Å². The SMILES string of the molecule is CC1C=Nc2ccccc2C1.CCC=O. The summed E-state index contributed by atoms with van der Waals surface area (Å²) in [5.41, 5.74) is 2.52. The van der Waals surface area contributed by atoms with Crippen LogP contribution >= 0.6 is 0 Å². The standard InChI is InChI=1S/C10H11N.C3H6O/c1-8-6-9-4-2-3-5-10(9)11-7-8;1-2-3-4/h2-5,7-8H,6H2,1H3;3H,2H2,1H3. The van der Waals surface area contributed by atoms with E-state index in [1.165, 1.54) is 5.56 Å². The predicted molar refractivity (Wildman–Crippen MR) is 63.8 cm³/mol. The summed E-state index contributed by atoms with van der Waals surface area (Å²) in [6.45, 7) is 4.01. The maximum atomic E-state index is 9.17. The van der Waals surface area contributed by atoms with Crippen molar-refractivity contribution in [3.63, 3.8) is 0 Å². The molecule has 0 fully saturated rings. The van der Waals surface area contributed by atoms with E-state index in [4.69, 9.17) is 0 Å². The van der Waals surface area contributed by atoms with Crippen molar-refractivity contribution in [2.75, 3.05) is 0 Å². The second-order valence-electron chi connectivity index (χ2n) is 3.66. The molecule has 0 radical (unpaired) electrons. The van der Waals surface area contributed by atoms with Gasteiger partial charge in [0.2, 0.25) is 0 Å². The van der Waals surface area contributed by atoms with E-state index in [-0.39, 0.29) is 0 Å². The number of hydrogen-bond donors (Lipinski definition) is 0. The first kappa shape index (κ1) is 11.6. The van der Waals surface area contributed by atoms with Crippen LogP contribution in [0, 0.1) is 5.92 Å². The van der Waals surface area contributed by atoms with Gasteiger partial charge in [0.25, 0.3) is 0 Å². The van der Waals surface area contributed by atoms with Crippen LogP contribution in [0.1, 0.15) is 25.8 Å². The Hall–Kier alpha value is -1.44. The molecular formula is C13H17NO. The average molecular weight is 203 g/mol. The van der Waals surface area contributed by atoms with Crippen LogP contribution in [0.15, 0.2) is 29.3 Å². The van der Waals surface area contributed by atoms with E-state index in [9.17, 15) is 4.79 Å². The highest BCUT2D eigenvalue weighted by Gasteiger charge is 2.08. The summed E-state index contributed by atoms with van der Waals surface area (Å²) in [6.07, 6.45) is 4.68. The fraction of sp³-hybridized carbons (Fsp3) is 0.385. The van der Waals surface area contributed by atoms with Crippen molar-refractivity contribution >= 4 is 18.2 Å². The molecule has 1 aromatic rings. The second-order valence-corrected chi connectivity index (χ2v) is 3.66. The minimum atomic E-state index is 0.602. The van der Waals surface area contributed by atoms with Gasteiger partial charge in [-0.15, -0.1) is 0 Å². The van der Waals surface area contributed by atoms with Crippen LogP contribution in [-0.4, -0.2) is 12.5 Å². The Morgan fingerprint density at radius 2 is 2.13 bits per heavy atom. The summed E-state index contributed by atoms with van der Waals surface area (Å²) in [5.74, 6) is 0.602. The van der Waals surface area contributed by atoms with Crippen LogP contribution in [0.2, 0.25) is 0 Å². The fourth-order valence-electron chi connectivity index (χ4n) is 1.42. The monoisotopic (exact) mass is 203 g/mol. The molecule has 2 heteroatoms. The molecule has 0 bridgehead atoms. The Balaban J connectivity index is 0.000000245. The van der Waals surface area contributed by atoms with Gasteiger partial charge in [-0.1, -0.05) is 32.0 Å². The summed E-state index contributed by atoms with van der Waals surface area (Å²) in [7, 11) is 0. The molecule has 1 heterocycles. The Kier molecular flexibility index (Phi) is 4.75. The quantitative estimate of drug-likeness (QED) is 0.644. The number of hydrogen-bond acceptors (Lipinski definition) is 2. The predicted octanol–water partition coefficient (Wildman–Crippen LogP) is 3.18. The molecule has 0 N–H and O–H groups in total. The van der Waals surface area contributed by atoms with E-state index in [2.05, 4.69) is 30.1 Å². The first-order chi connectivity index (χ1) is 7.27. The van der Waals surface area contributed by atoms with Crippen LogP contribution in [0.4, 0.5) is 5.69 Å². The number of rotatable bonds is 1. The molecule has 1 unspecified atom stereocenters. The number of benzene rings is 1. The van der Waals surface area contributed by atoms with E-state index in [1.54, 1.807) is 0 Å². The Labute approximate surface area is 91.0 Å². The van der Waals surface area contributed by atoms with E-state index >= 15 is 0 Å². The van der Waals surface area contributed by atoms with Gasteiger partial charge in [-0.2, -0.15) is 0 Å². The number of carbonyl (C=O) groups is 1. The van der Waals surface area contributed by atoms with E-state index in [0.717, 1.165) is 18.4 Å². The summed E-state index contributed by atoms with van der Waals surface area (Å²) in [4.78, 5) is 13.5. The van der Waals surface area contributed by atoms with Crippen LogP contribution < -0.4 is 0 Å². The highest BCUT2D eigenvalue weighted by Crippen LogP contribution is 2.24. The first-order valence-electron chi connectivity index (χ1n) is 5.33. The number of aldehydes is 1. The van der Waals surface area contributed by atoms with E-state index in [1.807, 2.05) is 19.2 Å². The largest absolute Gasteiger partial charge is 0.303 e. The zero-order chi connectivity index (χ0) is 11.1. The van der Waals surface area contributed by atoms with Crippen LogP contribution in [0.5, 0.6) is 0 Å². The number of carbonyl (C=O) groups excluding carboxylic acids is 1. The molecule has 80 valence electrons. The highest BCUT2D eigenvalue weighted by molar-refractivity contribution is 5.70. The number of nitrogens with zero attached hydrogens (tertiary/aromatic N) is 1. The Bertz CT molecular complexity index is 344. The maximum absolute atomic E-state index is 9.17. The molecule has 1 aromatic carbocycles. The average Bonchev–Trinajstić information content (AvgIpc) is 2.29. The van der Waals surface area contributed by atoms with Crippen molar-refractivity contribution in [1.29, 1.82) is 0 Å². The zero-order valence-corrected chi connectivity index (χ0v) is 9.31. The van der Waals surface area contributed by atoms with Gasteiger partial charge in [0.15, 0.2) is 0 Å². The molecule has 1 aliphatic rings. The summed E-state index contributed by atoms with van der Waals surface area (Å²) in [6, 6.07) is 8.33. The lowest BCUT2D eigenvalue weighted by molar-refractivity contribution is -0.107. The molecule has 15 heavy (non-hydrogen) atoms. The van der Waals surface area contributed by atoms with Gasteiger partial charge >= 0.3 is 0 Å². The van der Waals surface area contributed by atoms with E-state index in [0.29, 0.717) is 12.3 Å². The molecule has 0 aliphatic carbocycles. The van der Waals surface area contributed by atoms with Crippen molar-refractivity contribution < 1.29 is 4.79 Å². The minimum Gasteiger partial charge on any atom is -0.303 e. The van der Waals surface area contributed by atoms with Crippen LogP contribution in [0.25, 0.3) is 0 Å². The van der Waals surface area contributed by atoms with Crippen molar-refractivity contribution in [3.05, 3.63) is 29.8 Å². The second kappa shape index (κ2) is 6.12. The summed E-state index contributed by atoms with van der Waals surface area (Å²) in [5, 5.41) is 0. The smallest absolute Gasteiger partial charge is 0.119 e. The third-order valence-electron chi connectivity index (χ3n) is 2.17. The molecule has 1 aliphatic heterocycles. The molecular weight excluding hydrogens is 186 g/mol. The Morgan fingerprint density at radius 3 is 2.80 bits per heavy atom. The van der Waals surface area contributed by atoms with Gasteiger partial charge in [-0.05, 0) is 24.0 Å². The van der Waals surface area contributed by atoms with Gasteiger partial charge in [0.05, 0.1) is 5.69 Å². The molecule has 0 amide bonds. The maximum Gasteiger partial charge on any atom is 0.119 e. The lowest BCUT2D eigenvalue weighted by Crippen LogP contribution is -2.05. The number of fused-ring (bicyclic) bond motifs is 1. The molecule has 2 rings (SSSR count). The van der Waals surface area contributed by atoms with Crippen molar-refractivity contribution in [3.8, 4) is 0 Å². The fourth-order valence-corrected chi connectivity index (χ4v) is 1.42. The van der Waals surface area contributed by atoms with Gasteiger partial charge in [-0.25, -0.2) is 0 Å². The molecule has 2 nitrogen and oxygen atoms in total. The highest BCUT2D eigenvalue weighted by atomic mass is 16.1. The summed E-state index contributed by atoms with van der Waals surface area (Å²) < 4.78 is 0. The van der Waals surface area contributed by atoms with Crippen LogP contribution in [0.3, 0.4) is 0 Å². The Morgan fingerprint density at radius 1 is 1.47 bits per heavy atom. The topological polar surface area (TPSA) is 29.4 Å². The molecule has 0 saturated heterocycles. The molecule has 0 saturated carbocycles. The summed E-state index contributed by atoms with van der Waals surface area (Å²) >= 11 is 0. The van der Waals surface area contributed by atoms with E-state index < -0.39 is 0 Å². The lowest BCUT2D eigenvalue weighted by atomic mass is 9.98. The van der Waals surface area contributed by atoms with Crippen molar-refractivity contribution in [1.82, 2.24) is 0 Å². The van der Waals surface area contributed by atoms with Gasteiger partial charge in [-0.3, -0.25) is 4.99 Å². The van der Waals surface area contributed by atoms with Gasteiger partial charge in [0, 0.05) is 12.6 Å². The van der Waals surface area contributed by atoms with Crippen molar-refractivity contribution in [2.24, 2.45) is 10.9 Å².